The van der Waals surface area contributed by atoms with Crippen molar-refractivity contribution in [3.8, 4) is 5.75 Å². The number of amides is 2. The number of rotatable bonds is 6. The van der Waals surface area contributed by atoms with Gasteiger partial charge in [0.1, 0.15) is 11.6 Å². The number of hydrogen-bond donors (Lipinski definition) is 0. The van der Waals surface area contributed by atoms with Crippen LogP contribution in [0.5, 0.6) is 5.75 Å². The highest BCUT2D eigenvalue weighted by molar-refractivity contribution is 5.94. The van der Waals surface area contributed by atoms with E-state index in [1.165, 1.54) is 12.1 Å². The SMILES string of the molecule is O=C(C[C@]1(COc2ccccc2)CCCN(C(=O)c2ccccc2F)C1)N1CCCCC1. The number of halogens is 1. The lowest BCUT2D eigenvalue weighted by Crippen LogP contribution is -2.51. The summed E-state index contributed by atoms with van der Waals surface area (Å²) in [5, 5.41) is 0. The Morgan fingerprint density at radius 3 is 2.31 bits per heavy atom. The van der Waals surface area contributed by atoms with E-state index in [9.17, 15) is 14.0 Å². The molecule has 0 bridgehead atoms. The van der Waals surface area contributed by atoms with Gasteiger partial charge in [-0.15, -0.1) is 0 Å². The van der Waals surface area contributed by atoms with E-state index in [4.69, 9.17) is 4.74 Å². The zero-order valence-corrected chi connectivity index (χ0v) is 18.5. The third-order valence-electron chi connectivity index (χ3n) is 6.58. The van der Waals surface area contributed by atoms with Crippen LogP contribution in [0, 0.1) is 11.2 Å². The van der Waals surface area contributed by atoms with E-state index in [-0.39, 0.29) is 17.4 Å². The molecule has 0 N–H and O–H groups in total. The summed E-state index contributed by atoms with van der Waals surface area (Å²) < 4.78 is 20.4. The molecule has 0 spiro atoms. The molecule has 4 rings (SSSR count). The monoisotopic (exact) mass is 438 g/mol. The summed E-state index contributed by atoms with van der Waals surface area (Å²) in [5.41, 5.74) is -0.418. The van der Waals surface area contributed by atoms with Gasteiger partial charge < -0.3 is 14.5 Å². The van der Waals surface area contributed by atoms with Gasteiger partial charge in [0, 0.05) is 38.0 Å². The predicted molar refractivity (Wildman–Crippen MR) is 121 cm³/mol. The molecule has 2 aromatic rings. The molecule has 0 aromatic heterocycles. The lowest BCUT2D eigenvalue weighted by molar-refractivity contribution is -0.136. The number of ether oxygens (including phenoxy) is 1. The van der Waals surface area contributed by atoms with Crippen molar-refractivity contribution < 1.29 is 18.7 Å². The average molecular weight is 439 g/mol. The van der Waals surface area contributed by atoms with Crippen LogP contribution < -0.4 is 4.74 Å². The number of nitrogens with zero attached hydrogens (tertiary/aromatic N) is 2. The number of carbonyl (C=O) groups excluding carboxylic acids is 2. The van der Waals surface area contributed by atoms with Gasteiger partial charge in [-0.2, -0.15) is 0 Å². The Balaban J connectivity index is 1.53. The molecule has 2 heterocycles. The Labute approximate surface area is 189 Å². The standard InChI is InChI=1S/C26H31FN2O3/c27-23-13-6-5-12-22(23)25(31)29-17-9-14-26(19-29,20-32-21-10-3-1-4-11-21)18-24(30)28-15-7-2-8-16-28/h1,3-6,10-13H,2,7-9,14-20H2/t26-/m1/s1. The Hall–Kier alpha value is -2.89. The third-order valence-corrected chi connectivity index (χ3v) is 6.58. The molecular weight excluding hydrogens is 407 g/mol. The second-order valence-electron chi connectivity index (χ2n) is 9.03. The maximum Gasteiger partial charge on any atom is 0.256 e. The van der Waals surface area contributed by atoms with Crippen molar-refractivity contribution in [3.05, 3.63) is 66.0 Å². The van der Waals surface area contributed by atoms with E-state index in [2.05, 4.69) is 0 Å². The van der Waals surface area contributed by atoms with E-state index in [1.807, 2.05) is 35.2 Å². The molecule has 0 aliphatic carbocycles. The van der Waals surface area contributed by atoms with Crippen LogP contribution >= 0.6 is 0 Å². The summed E-state index contributed by atoms with van der Waals surface area (Å²) in [4.78, 5) is 30.0. The molecule has 5 nitrogen and oxygen atoms in total. The highest BCUT2D eigenvalue weighted by atomic mass is 19.1. The minimum atomic E-state index is -0.515. The molecule has 2 fully saturated rings. The van der Waals surface area contributed by atoms with Crippen LogP contribution in [0.1, 0.15) is 48.9 Å². The summed E-state index contributed by atoms with van der Waals surface area (Å²) in [5.74, 6) is 0.0345. The van der Waals surface area contributed by atoms with Crippen molar-refractivity contribution in [3.63, 3.8) is 0 Å². The lowest BCUT2D eigenvalue weighted by Gasteiger charge is -2.43. The van der Waals surface area contributed by atoms with E-state index in [0.29, 0.717) is 26.1 Å². The minimum Gasteiger partial charge on any atom is -0.493 e. The van der Waals surface area contributed by atoms with E-state index in [0.717, 1.165) is 50.9 Å². The molecular formula is C26H31FN2O3. The van der Waals surface area contributed by atoms with Gasteiger partial charge in [-0.3, -0.25) is 9.59 Å². The molecule has 6 heteroatoms. The normalized spacial score (nSPS) is 21.3. The van der Waals surface area contributed by atoms with E-state index < -0.39 is 11.2 Å². The predicted octanol–water partition coefficient (Wildman–Crippen LogP) is 4.53. The Morgan fingerprint density at radius 1 is 0.875 bits per heavy atom. The first-order valence-electron chi connectivity index (χ1n) is 11.6. The molecule has 2 saturated heterocycles. The van der Waals surface area contributed by atoms with Crippen LogP contribution in [-0.2, 0) is 4.79 Å². The molecule has 0 radical (unpaired) electrons. The molecule has 32 heavy (non-hydrogen) atoms. The van der Waals surface area contributed by atoms with Crippen LogP contribution in [0.25, 0.3) is 0 Å². The van der Waals surface area contributed by atoms with Crippen molar-refractivity contribution in [2.24, 2.45) is 5.41 Å². The molecule has 1 atom stereocenters. The summed E-state index contributed by atoms with van der Waals surface area (Å²) >= 11 is 0. The van der Waals surface area contributed by atoms with Crippen LogP contribution in [-0.4, -0.2) is 54.4 Å². The van der Waals surface area contributed by atoms with Gasteiger partial charge in [-0.05, 0) is 56.4 Å². The van der Waals surface area contributed by atoms with Gasteiger partial charge in [0.05, 0.1) is 12.2 Å². The van der Waals surface area contributed by atoms with Gasteiger partial charge in [0.25, 0.3) is 5.91 Å². The first kappa shape index (κ1) is 22.3. The molecule has 0 saturated carbocycles. The van der Waals surface area contributed by atoms with Crippen LogP contribution in [0.4, 0.5) is 4.39 Å². The number of piperidine rings is 2. The van der Waals surface area contributed by atoms with Crippen molar-refractivity contribution in [2.75, 3.05) is 32.8 Å². The quantitative estimate of drug-likeness (QED) is 0.666. The van der Waals surface area contributed by atoms with Gasteiger partial charge >= 0.3 is 0 Å². The fourth-order valence-electron chi connectivity index (χ4n) is 4.83. The Kier molecular flexibility index (Phi) is 7.08. The Morgan fingerprint density at radius 2 is 1.56 bits per heavy atom. The van der Waals surface area contributed by atoms with Crippen LogP contribution in [0.15, 0.2) is 54.6 Å². The van der Waals surface area contributed by atoms with Crippen LogP contribution in [0.3, 0.4) is 0 Å². The third kappa shape index (κ3) is 5.29. The maximum absolute atomic E-state index is 14.3. The smallest absolute Gasteiger partial charge is 0.256 e. The molecule has 2 aromatic carbocycles. The summed E-state index contributed by atoms with van der Waals surface area (Å²) in [6, 6.07) is 15.6. The van der Waals surface area contributed by atoms with E-state index in [1.54, 1.807) is 17.0 Å². The van der Waals surface area contributed by atoms with Crippen molar-refractivity contribution in [1.82, 2.24) is 9.80 Å². The minimum absolute atomic E-state index is 0.0784. The second-order valence-corrected chi connectivity index (χ2v) is 9.03. The molecule has 2 amide bonds. The van der Waals surface area contributed by atoms with Gasteiger partial charge in [0.2, 0.25) is 5.91 Å². The van der Waals surface area contributed by atoms with E-state index >= 15 is 0 Å². The molecule has 0 unspecified atom stereocenters. The summed E-state index contributed by atoms with van der Waals surface area (Å²) in [6.45, 7) is 2.88. The molecule has 170 valence electrons. The Bertz CT molecular complexity index is 930. The first-order chi connectivity index (χ1) is 15.6. The fraction of sp³-hybridized carbons (Fsp3) is 0.462. The largest absolute Gasteiger partial charge is 0.493 e. The molecule has 2 aliphatic rings. The fourth-order valence-corrected chi connectivity index (χ4v) is 4.83. The first-order valence-corrected chi connectivity index (χ1v) is 11.6. The number of carbonyl (C=O) groups is 2. The van der Waals surface area contributed by atoms with Crippen LogP contribution in [0.2, 0.25) is 0 Å². The number of para-hydroxylation sites is 1. The highest BCUT2D eigenvalue weighted by Crippen LogP contribution is 2.36. The zero-order valence-electron chi connectivity index (χ0n) is 18.5. The number of benzene rings is 2. The average Bonchev–Trinajstić information content (AvgIpc) is 2.84. The lowest BCUT2D eigenvalue weighted by atomic mass is 9.77. The van der Waals surface area contributed by atoms with Gasteiger partial charge in [0.15, 0.2) is 0 Å². The summed E-state index contributed by atoms with van der Waals surface area (Å²) in [6.07, 6.45) is 5.12. The van der Waals surface area contributed by atoms with Crippen molar-refractivity contribution in [1.29, 1.82) is 0 Å². The number of hydrogen-bond acceptors (Lipinski definition) is 3. The highest BCUT2D eigenvalue weighted by Gasteiger charge is 2.41. The summed E-state index contributed by atoms with van der Waals surface area (Å²) in [7, 11) is 0. The second kappa shape index (κ2) is 10.2. The topological polar surface area (TPSA) is 49.9 Å². The van der Waals surface area contributed by atoms with Gasteiger partial charge in [-0.1, -0.05) is 30.3 Å². The van der Waals surface area contributed by atoms with Crippen molar-refractivity contribution in [2.45, 2.75) is 38.5 Å². The van der Waals surface area contributed by atoms with Gasteiger partial charge in [-0.25, -0.2) is 4.39 Å². The molecule has 2 aliphatic heterocycles. The van der Waals surface area contributed by atoms with Crippen molar-refractivity contribution >= 4 is 11.8 Å². The number of likely N-dealkylation sites (tertiary alicyclic amines) is 2. The maximum atomic E-state index is 14.3. The zero-order chi connectivity index (χ0) is 22.4.